The fourth-order valence-corrected chi connectivity index (χ4v) is 1.09. The van der Waals surface area contributed by atoms with Crippen molar-refractivity contribution in [3.05, 3.63) is 0 Å². The SMILES string of the molecule is C[C@@H]1CC[C@@H]1C(N)=O. The number of nitrogens with two attached hydrogens (primary N) is 1. The second-order valence-corrected chi connectivity index (χ2v) is 2.56. The molecule has 2 heteroatoms. The number of amides is 1. The van der Waals surface area contributed by atoms with Crippen LogP contribution in [0.15, 0.2) is 0 Å². The normalized spacial score (nSPS) is 36.1. The Morgan fingerprint density at radius 1 is 1.62 bits per heavy atom. The van der Waals surface area contributed by atoms with Gasteiger partial charge in [-0.1, -0.05) is 6.92 Å². The second-order valence-electron chi connectivity index (χ2n) is 2.56. The van der Waals surface area contributed by atoms with Crippen LogP contribution in [0, 0.1) is 11.8 Å². The molecule has 2 nitrogen and oxygen atoms in total. The summed E-state index contributed by atoms with van der Waals surface area (Å²) < 4.78 is 0. The zero-order valence-electron chi connectivity index (χ0n) is 5.05. The van der Waals surface area contributed by atoms with Gasteiger partial charge in [-0.15, -0.1) is 0 Å². The van der Waals surface area contributed by atoms with Crippen molar-refractivity contribution in [3.63, 3.8) is 0 Å². The maximum atomic E-state index is 10.4. The van der Waals surface area contributed by atoms with Crippen LogP contribution >= 0.6 is 0 Å². The molecular formula is C6H11NO. The fraction of sp³-hybridized carbons (Fsp3) is 0.833. The Morgan fingerprint density at radius 3 is 2.25 bits per heavy atom. The highest BCUT2D eigenvalue weighted by Gasteiger charge is 2.30. The molecule has 1 amide bonds. The van der Waals surface area contributed by atoms with Crippen LogP contribution in [0.4, 0.5) is 0 Å². The third kappa shape index (κ3) is 0.703. The van der Waals surface area contributed by atoms with E-state index in [4.69, 9.17) is 5.73 Å². The highest BCUT2D eigenvalue weighted by Crippen LogP contribution is 2.32. The highest BCUT2D eigenvalue weighted by atomic mass is 16.1. The number of primary amides is 1. The molecule has 1 aliphatic carbocycles. The molecule has 0 radical (unpaired) electrons. The van der Waals surface area contributed by atoms with Crippen LogP contribution in [-0.4, -0.2) is 5.91 Å². The van der Waals surface area contributed by atoms with Crippen LogP contribution < -0.4 is 5.73 Å². The Morgan fingerprint density at radius 2 is 2.25 bits per heavy atom. The standard InChI is InChI=1S/C6H11NO/c1-4-2-3-5(4)6(7)8/h4-5H,2-3H2,1H3,(H2,7,8)/t4-,5+/m1/s1. The molecule has 46 valence electrons. The molecule has 1 fully saturated rings. The third-order valence-electron chi connectivity index (χ3n) is 1.99. The third-order valence-corrected chi connectivity index (χ3v) is 1.99. The van der Waals surface area contributed by atoms with Gasteiger partial charge in [0.25, 0.3) is 0 Å². The summed E-state index contributed by atoms with van der Waals surface area (Å²) >= 11 is 0. The topological polar surface area (TPSA) is 43.1 Å². The Balaban J connectivity index is 2.37. The van der Waals surface area contributed by atoms with Crippen LogP contribution in [0.25, 0.3) is 0 Å². The monoisotopic (exact) mass is 113 g/mol. The molecule has 0 aromatic rings. The molecule has 0 aromatic carbocycles. The van der Waals surface area contributed by atoms with Gasteiger partial charge in [-0.3, -0.25) is 4.79 Å². The number of rotatable bonds is 1. The van der Waals surface area contributed by atoms with Crippen molar-refractivity contribution < 1.29 is 4.79 Å². The summed E-state index contributed by atoms with van der Waals surface area (Å²) in [5.41, 5.74) is 5.05. The van der Waals surface area contributed by atoms with Gasteiger partial charge in [-0.05, 0) is 18.8 Å². The minimum Gasteiger partial charge on any atom is -0.369 e. The van der Waals surface area contributed by atoms with E-state index in [2.05, 4.69) is 6.92 Å². The summed E-state index contributed by atoms with van der Waals surface area (Å²) in [5.74, 6) is 0.617. The van der Waals surface area contributed by atoms with Crippen molar-refractivity contribution in [3.8, 4) is 0 Å². The first kappa shape index (κ1) is 5.60. The average Bonchev–Trinajstić information content (AvgIpc) is 1.61. The summed E-state index contributed by atoms with van der Waals surface area (Å²) in [5, 5.41) is 0. The quantitative estimate of drug-likeness (QED) is 0.529. The number of carbonyl (C=O) groups is 1. The van der Waals surface area contributed by atoms with Crippen molar-refractivity contribution >= 4 is 5.91 Å². The van der Waals surface area contributed by atoms with Gasteiger partial charge in [0.05, 0.1) is 0 Å². The van der Waals surface area contributed by atoms with E-state index in [9.17, 15) is 4.79 Å². The molecule has 2 N–H and O–H groups in total. The van der Waals surface area contributed by atoms with E-state index in [1.54, 1.807) is 0 Å². The van der Waals surface area contributed by atoms with Crippen molar-refractivity contribution in [2.24, 2.45) is 17.6 Å². The Labute approximate surface area is 49.1 Å². The van der Waals surface area contributed by atoms with Gasteiger partial charge >= 0.3 is 0 Å². The highest BCUT2D eigenvalue weighted by molar-refractivity contribution is 5.77. The first-order valence-corrected chi connectivity index (χ1v) is 3.01. The molecular weight excluding hydrogens is 102 g/mol. The largest absolute Gasteiger partial charge is 0.369 e. The van der Waals surface area contributed by atoms with Crippen molar-refractivity contribution in [2.45, 2.75) is 19.8 Å². The van der Waals surface area contributed by atoms with Gasteiger partial charge in [0, 0.05) is 5.92 Å². The average molecular weight is 113 g/mol. The second kappa shape index (κ2) is 1.77. The van der Waals surface area contributed by atoms with Crippen LogP contribution in [0.1, 0.15) is 19.8 Å². The summed E-state index contributed by atoms with van der Waals surface area (Å²) in [7, 11) is 0. The molecule has 8 heavy (non-hydrogen) atoms. The summed E-state index contributed by atoms with van der Waals surface area (Å²) in [6, 6.07) is 0. The molecule has 1 aliphatic rings. The van der Waals surface area contributed by atoms with Crippen LogP contribution in [0.2, 0.25) is 0 Å². The van der Waals surface area contributed by atoms with Gasteiger partial charge < -0.3 is 5.73 Å². The minimum atomic E-state index is -0.122. The maximum Gasteiger partial charge on any atom is 0.220 e. The predicted molar refractivity (Wildman–Crippen MR) is 31.1 cm³/mol. The number of hydrogen-bond donors (Lipinski definition) is 1. The first-order chi connectivity index (χ1) is 3.72. The van der Waals surface area contributed by atoms with Gasteiger partial charge in [-0.25, -0.2) is 0 Å². The Hall–Kier alpha value is -0.530. The summed E-state index contributed by atoms with van der Waals surface area (Å²) in [6.07, 6.45) is 2.18. The zero-order valence-corrected chi connectivity index (χ0v) is 5.05. The molecule has 2 atom stereocenters. The van der Waals surface area contributed by atoms with Crippen LogP contribution in [0.3, 0.4) is 0 Å². The van der Waals surface area contributed by atoms with Crippen LogP contribution in [0.5, 0.6) is 0 Å². The number of carbonyl (C=O) groups excluding carboxylic acids is 1. The summed E-state index contributed by atoms with van der Waals surface area (Å²) in [6.45, 7) is 2.07. The van der Waals surface area contributed by atoms with E-state index >= 15 is 0 Å². The van der Waals surface area contributed by atoms with Crippen molar-refractivity contribution in [1.82, 2.24) is 0 Å². The molecule has 0 unspecified atom stereocenters. The number of hydrogen-bond acceptors (Lipinski definition) is 1. The van der Waals surface area contributed by atoms with E-state index in [0.29, 0.717) is 5.92 Å². The lowest BCUT2D eigenvalue weighted by Gasteiger charge is -2.30. The fourth-order valence-electron chi connectivity index (χ4n) is 1.09. The van der Waals surface area contributed by atoms with E-state index < -0.39 is 0 Å². The van der Waals surface area contributed by atoms with Gasteiger partial charge in [0.15, 0.2) is 0 Å². The first-order valence-electron chi connectivity index (χ1n) is 3.01. The lowest BCUT2D eigenvalue weighted by molar-refractivity contribution is -0.126. The van der Waals surface area contributed by atoms with Gasteiger partial charge in [0.2, 0.25) is 5.91 Å². The lowest BCUT2D eigenvalue weighted by Crippen LogP contribution is -2.35. The molecule has 0 aromatic heterocycles. The lowest BCUT2D eigenvalue weighted by atomic mass is 9.75. The molecule has 1 saturated carbocycles. The van der Waals surface area contributed by atoms with Gasteiger partial charge in [-0.2, -0.15) is 0 Å². The van der Waals surface area contributed by atoms with Gasteiger partial charge in [0.1, 0.15) is 0 Å². The molecule has 0 aliphatic heterocycles. The van der Waals surface area contributed by atoms with Crippen molar-refractivity contribution in [2.75, 3.05) is 0 Å². The Bertz CT molecular complexity index is 111. The summed E-state index contributed by atoms with van der Waals surface area (Å²) in [4.78, 5) is 10.4. The minimum absolute atomic E-state index is 0.122. The van der Waals surface area contributed by atoms with E-state index in [0.717, 1.165) is 6.42 Å². The zero-order chi connectivity index (χ0) is 6.15. The van der Waals surface area contributed by atoms with E-state index in [-0.39, 0.29) is 11.8 Å². The van der Waals surface area contributed by atoms with Crippen molar-refractivity contribution in [1.29, 1.82) is 0 Å². The smallest absolute Gasteiger partial charge is 0.220 e. The molecule has 0 heterocycles. The maximum absolute atomic E-state index is 10.4. The molecule has 0 bridgehead atoms. The predicted octanol–water partition coefficient (Wildman–Crippen LogP) is 0.518. The van der Waals surface area contributed by atoms with E-state index in [1.807, 2.05) is 0 Å². The Kier molecular flexibility index (Phi) is 1.24. The molecule has 0 spiro atoms. The van der Waals surface area contributed by atoms with Crippen LogP contribution in [-0.2, 0) is 4.79 Å². The van der Waals surface area contributed by atoms with E-state index in [1.165, 1.54) is 6.42 Å². The molecule has 0 saturated heterocycles. The molecule has 1 rings (SSSR count).